The Morgan fingerprint density at radius 2 is 1.84 bits per heavy atom. The van der Waals surface area contributed by atoms with Gasteiger partial charge < -0.3 is 11.5 Å². The van der Waals surface area contributed by atoms with E-state index >= 15 is 0 Å². The molecule has 0 saturated carbocycles. The maximum absolute atomic E-state index is 12.3. The molecule has 0 unspecified atom stereocenters. The van der Waals surface area contributed by atoms with Crippen LogP contribution in [0.3, 0.4) is 0 Å². The molecule has 0 saturated heterocycles. The van der Waals surface area contributed by atoms with E-state index in [1.54, 1.807) is 6.07 Å². The molecule has 0 amide bonds. The van der Waals surface area contributed by atoms with Gasteiger partial charge in [-0.25, -0.2) is 0 Å². The van der Waals surface area contributed by atoms with E-state index in [1.807, 2.05) is 30.3 Å². The van der Waals surface area contributed by atoms with Crippen molar-refractivity contribution in [1.82, 2.24) is 0 Å². The second-order valence-electron chi connectivity index (χ2n) is 5.35. The first-order valence-corrected chi connectivity index (χ1v) is 6.57. The molecule has 3 heteroatoms. The van der Waals surface area contributed by atoms with Crippen LogP contribution in [0, 0.1) is 5.92 Å². The lowest BCUT2D eigenvalue weighted by Crippen LogP contribution is -2.32. The third-order valence-corrected chi connectivity index (χ3v) is 3.30. The number of hydrogen-bond acceptors (Lipinski definition) is 3. The number of benzene rings is 2. The zero-order valence-electron chi connectivity index (χ0n) is 11.4. The van der Waals surface area contributed by atoms with E-state index < -0.39 is 6.04 Å². The predicted octanol–water partition coefficient (Wildman–Crippen LogP) is 2.98. The second kappa shape index (κ2) is 5.41. The maximum Gasteiger partial charge on any atom is 0.181 e. The molecule has 0 spiro atoms. The SMILES string of the molecule is CC(C)C[C@H](N)C(=O)c1ccc2ccccc2c1N. The first kappa shape index (κ1) is 13.6. The van der Waals surface area contributed by atoms with E-state index in [-0.39, 0.29) is 5.78 Å². The van der Waals surface area contributed by atoms with Gasteiger partial charge in [0.05, 0.1) is 11.7 Å². The lowest BCUT2D eigenvalue weighted by atomic mass is 9.94. The number of ketones is 1. The molecule has 100 valence electrons. The van der Waals surface area contributed by atoms with Crippen molar-refractivity contribution in [2.75, 3.05) is 5.73 Å². The fourth-order valence-electron chi connectivity index (χ4n) is 2.33. The summed E-state index contributed by atoms with van der Waals surface area (Å²) in [7, 11) is 0. The summed E-state index contributed by atoms with van der Waals surface area (Å²) in [4.78, 5) is 12.3. The van der Waals surface area contributed by atoms with Gasteiger partial charge in [0.1, 0.15) is 0 Å². The summed E-state index contributed by atoms with van der Waals surface area (Å²) in [5.74, 6) is 0.317. The Labute approximate surface area is 113 Å². The number of nitrogens with two attached hydrogens (primary N) is 2. The van der Waals surface area contributed by atoms with E-state index in [9.17, 15) is 4.79 Å². The monoisotopic (exact) mass is 256 g/mol. The first-order valence-electron chi connectivity index (χ1n) is 6.57. The summed E-state index contributed by atoms with van der Waals surface area (Å²) in [6, 6.07) is 11.0. The fraction of sp³-hybridized carbons (Fsp3) is 0.312. The zero-order chi connectivity index (χ0) is 14.0. The van der Waals surface area contributed by atoms with Gasteiger partial charge in [-0.3, -0.25) is 4.79 Å². The van der Waals surface area contributed by atoms with Gasteiger partial charge >= 0.3 is 0 Å². The number of fused-ring (bicyclic) bond motifs is 1. The maximum atomic E-state index is 12.3. The molecule has 0 aliphatic rings. The van der Waals surface area contributed by atoms with Crippen LogP contribution in [0.2, 0.25) is 0 Å². The van der Waals surface area contributed by atoms with Crippen molar-refractivity contribution in [2.45, 2.75) is 26.3 Å². The Balaban J connectivity index is 2.40. The summed E-state index contributed by atoms with van der Waals surface area (Å²) in [6.45, 7) is 4.10. The van der Waals surface area contributed by atoms with Crippen LogP contribution in [0.5, 0.6) is 0 Å². The standard InChI is InChI=1S/C16H20N2O/c1-10(2)9-14(17)16(19)13-8-7-11-5-3-4-6-12(11)15(13)18/h3-8,10,14H,9,17-18H2,1-2H3/t14-/m0/s1. The van der Waals surface area contributed by atoms with Crippen LogP contribution < -0.4 is 11.5 Å². The minimum Gasteiger partial charge on any atom is -0.398 e. The van der Waals surface area contributed by atoms with E-state index in [1.165, 1.54) is 0 Å². The molecule has 2 aromatic rings. The average Bonchev–Trinajstić information content (AvgIpc) is 2.38. The van der Waals surface area contributed by atoms with Crippen molar-refractivity contribution in [3.05, 3.63) is 42.0 Å². The van der Waals surface area contributed by atoms with Crippen molar-refractivity contribution in [2.24, 2.45) is 11.7 Å². The Kier molecular flexibility index (Phi) is 3.86. The Morgan fingerprint density at radius 1 is 1.16 bits per heavy atom. The topological polar surface area (TPSA) is 69.1 Å². The van der Waals surface area contributed by atoms with Crippen molar-refractivity contribution in [3.63, 3.8) is 0 Å². The summed E-state index contributed by atoms with van der Waals surface area (Å²) >= 11 is 0. The van der Waals surface area contributed by atoms with Crippen molar-refractivity contribution in [3.8, 4) is 0 Å². The highest BCUT2D eigenvalue weighted by atomic mass is 16.1. The molecule has 3 nitrogen and oxygen atoms in total. The molecular weight excluding hydrogens is 236 g/mol. The Morgan fingerprint density at radius 3 is 2.53 bits per heavy atom. The largest absolute Gasteiger partial charge is 0.398 e. The number of Topliss-reactive ketones (excluding diaryl/α,β-unsaturated/α-hetero) is 1. The van der Waals surface area contributed by atoms with Crippen LogP contribution in [0.25, 0.3) is 10.8 Å². The van der Waals surface area contributed by atoms with Crippen LogP contribution >= 0.6 is 0 Å². The molecule has 0 aliphatic heterocycles. The molecule has 1 atom stereocenters. The lowest BCUT2D eigenvalue weighted by Gasteiger charge is -2.15. The average molecular weight is 256 g/mol. The molecule has 2 rings (SSSR count). The highest BCUT2D eigenvalue weighted by molar-refractivity contribution is 6.10. The summed E-state index contributed by atoms with van der Waals surface area (Å²) < 4.78 is 0. The first-order chi connectivity index (χ1) is 9.00. The molecule has 0 aromatic heterocycles. The molecule has 19 heavy (non-hydrogen) atoms. The van der Waals surface area contributed by atoms with Crippen molar-refractivity contribution >= 4 is 22.2 Å². The van der Waals surface area contributed by atoms with Gasteiger partial charge in [-0.1, -0.05) is 44.2 Å². The van der Waals surface area contributed by atoms with E-state index in [0.717, 1.165) is 10.8 Å². The van der Waals surface area contributed by atoms with Gasteiger partial charge in [-0.15, -0.1) is 0 Å². The highest BCUT2D eigenvalue weighted by Gasteiger charge is 2.19. The number of carbonyl (C=O) groups is 1. The van der Waals surface area contributed by atoms with Gasteiger partial charge in [0.2, 0.25) is 0 Å². The van der Waals surface area contributed by atoms with Gasteiger partial charge in [0.25, 0.3) is 0 Å². The smallest absolute Gasteiger partial charge is 0.181 e. The number of hydrogen-bond donors (Lipinski definition) is 2. The second-order valence-corrected chi connectivity index (χ2v) is 5.35. The molecule has 0 fully saturated rings. The minimum absolute atomic E-state index is 0.0723. The number of rotatable bonds is 4. The molecule has 0 radical (unpaired) electrons. The summed E-state index contributed by atoms with van der Waals surface area (Å²) in [5.41, 5.74) is 13.1. The summed E-state index contributed by atoms with van der Waals surface area (Å²) in [6.07, 6.45) is 0.672. The molecule has 0 heterocycles. The molecule has 0 bridgehead atoms. The number of nitrogen functional groups attached to an aromatic ring is 1. The van der Waals surface area contributed by atoms with Crippen LogP contribution in [0.15, 0.2) is 36.4 Å². The van der Waals surface area contributed by atoms with Gasteiger partial charge in [0, 0.05) is 10.9 Å². The zero-order valence-corrected chi connectivity index (χ0v) is 11.4. The van der Waals surface area contributed by atoms with Gasteiger partial charge in [0.15, 0.2) is 5.78 Å². The highest BCUT2D eigenvalue weighted by Crippen LogP contribution is 2.26. The number of carbonyl (C=O) groups excluding carboxylic acids is 1. The molecular formula is C16H20N2O. The lowest BCUT2D eigenvalue weighted by molar-refractivity contribution is 0.0952. The molecule has 4 N–H and O–H groups in total. The van der Waals surface area contributed by atoms with Gasteiger partial charge in [-0.2, -0.15) is 0 Å². The van der Waals surface area contributed by atoms with Crippen LogP contribution in [0.4, 0.5) is 5.69 Å². The quantitative estimate of drug-likeness (QED) is 0.652. The Hall–Kier alpha value is -1.87. The number of anilines is 1. The predicted molar refractivity (Wildman–Crippen MR) is 80.1 cm³/mol. The van der Waals surface area contributed by atoms with E-state index in [2.05, 4.69) is 13.8 Å². The fourth-order valence-corrected chi connectivity index (χ4v) is 2.33. The summed E-state index contributed by atoms with van der Waals surface area (Å²) in [5, 5.41) is 1.94. The van der Waals surface area contributed by atoms with E-state index in [0.29, 0.717) is 23.6 Å². The molecule has 2 aromatic carbocycles. The van der Waals surface area contributed by atoms with Crippen LogP contribution in [-0.4, -0.2) is 11.8 Å². The third kappa shape index (κ3) is 2.76. The third-order valence-electron chi connectivity index (χ3n) is 3.30. The Bertz CT molecular complexity index is 605. The van der Waals surface area contributed by atoms with Crippen molar-refractivity contribution < 1.29 is 4.79 Å². The van der Waals surface area contributed by atoms with Crippen LogP contribution in [0.1, 0.15) is 30.6 Å². The normalized spacial score (nSPS) is 12.8. The van der Waals surface area contributed by atoms with Crippen molar-refractivity contribution in [1.29, 1.82) is 0 Å². The minimum atomic E-state index is -0.483. The van der Waals surface area contributed by atoms with E-state index in [4.69, 9.17) is 11.5 Å². The molecule has 0 aliphatic carbocycles. The van der Waals surface area contributed by atoms with Crippen LogP contribution in [-0.2, 0) is 0 Å². The van der Waals surface area contributed by atoms with Gasteiger partial charge in [-0.05, 0) is 23.8 Å².